The first kappa shape index (κ1) is 16.5. The minimum atomic E-state index is -0.283. The molecule has 4 nitrogen and oxygen atoms in total. The minimum Gasteiger partial charge on any atom is -0.326 e. The second kappa shape index (κ2) is 6.61. The molecule has 0 bridgehead atoms. The predicted octanol–water partition coefficient (Wildman–Crippen LogP) is 4.18. The molecule has 1 saturated carbocycles. The van der Waals surface area contributed by atoms with Crippen LogP contribution in [-0.4, -0.2) is 11.8 Å². The van der Waals surface area contributed by atoms with E-state index in [1.165, 1.54) is 19.1 Å². The highest BCUT2D eigenvalue weighted by Crippen LogP contribution is 2.48. The third-order valence-corrected chi connectivity index (χ3v) is 4.29. The highest BCUT2D eigenvalue weighted by Gasteiger charge is 2.43. The van der Waals surface area contributed by atoms with E-state index in [0.29, 0.717) is 16.4 Å². The van der Waals surface area contributed by atoms with Crippen LogP contribution in [0.4, 0.5) is 15.8 Å². The number of nitrogens with one attached hydrogen (secondary N) is 2. The summed E-state index contributed by atoms with van der Waals surface area (Å²) in [5, 5.41) is 5.79. The molecule has 0 radical (unpaired) electrons. The molecule has 0 heterocycles. The molecule has 124 valence electrons. The first-order valence-corrected chi connectivity index (χ1v) is 7.95. The van der Waals surface area contributed by atoms with Crippen LogP contribution in [0.3, 0.4) is 0 Å². The Morgan fingerprint density at radius 1 is 1.12 bits per heavy atom. The summed E-state index contributed by atoms with van der Waals surface area (Å²) in [6.45, 7) is 1.40. The molecular weight excluding hydrogens is 331 g/mol. The molecule has 0 saturated heterocycles. The van der Waals surface area contributed by atoms with Gasteiger partial charge in [0.05, 0.1) is 10.7 Å². The Kier molecular flexibility index (Phi) is 4.53. The van der Waals surface area contributed by atoms with Crippen LogP contribution in [0.15, 0.2) is 42.5 Å². The normalized spacial score (nSPS) is 18.8. The lowest BCUT2D eigenvalue weighted by Gasteiger charge is -2.09. The van der Waals surface area contributed by atoms with Crippen LogP contribution in [0.25, 0.3) is 0 Å². The number of hydrogen-bond acceptors (Lipinski definition) is 2. The number of rotatable bonds is 4. The monoisotopic (exact) mass is 346 g/mol. The molecule has 0 aromatic heterocycles. The lowest BCUT2D eigenvalue weighted by atomic mass is 10.1. The van der Waals surface area contributed by atoms with Crippen LogP contribution >= 0.6 is 11.6 Å². The van der Waals surface area contributed by atoms with Gasteiger partial charge in [-0.2, -0.15) is 0 Å². The lowest BCUT2D eigenvalue weighted by Crippen LogP contribution is -2.14. The Labute approximate surface area is 144 Å². The topological polar surface area (TPSA) is 58.2 Å². The Bertz CT molecular complexity index is 792. The average molecular weight is 347 g/mol. The van der Waals surface area contributed by atoms with Crippen molar-refractivity contribution in [2.45, 2.75) is 19.3 Å². The zero-order chi connectivity index (χ0) is 17.3. The Hall–Kier alpha value is -2.40. The maximum absolute atomic E-state index is 12.9. The summed E-state index contributed by atoms with van der Waals surface area (Å²) in [6, 6.07) is 11.2. The largest absolute Gasteiger partial charge is 0.326 e. The van der Waals surface area contributed by atoms with Crippen LogP contribution in [0.2, 0.25) is 5.02 Å². The number of carbonyl (C=O) groups excluding carboxylic acids is 2. The zero-order valence-corrected chi connectivity index (χ0v) is 13.7. The number of amides is 2. The molecule has 1 aliphatic rings. The molecule has 1 fully saturated rings. The van der Waals surface area contributed by atoms with Crippen LogP contribution in [-0.2, 0) is 9.59 Å². The van der Waals surface area contributed by atoms with Gasteiger partial charge in [-0.05, 0) is 48.2 Å². The highest BCUT2D eigenvalue weighted by atomic mass is 35.5. The second-order valence-electron chi connectivity index (χ2n) is 5.87. The summed E-state index contributed by atoms with van der Waals surface area (Å²) in [5.41, 5.74) is 2.04. The summed E-state index contributed by atoms with van der Waals surface area (Å²) >= 11 is 6.09. The Balaban J connectivity index is 1.62. The third kappa shape index (κ3) is 3.74. The SMILES string of the molecule is CC(=O)Nc1ccc(NC(=O)[C@H]2C[C@H]2c2ccc(F)cc2)cc1Cl. The average Bonchev–Trinajstić information content (AvgIpc) is 3.31. The van der Waals surface area contributed by atoms with E-state index < -0.39 is 0 Å². The van der Waals surface area contributed by atoms with Crippen molar-refractivity contribution in [3.8, 4) is 0 Å². The lowest BCUT2D eigenvalue weighted by molar-refractivity contribution is -0.117. The fraction of sp³-hybridized carbons (Fsp3) is 0.222. The van der Waals surface area contributed by atoms with Gasteiger partial charge in [0.1, 0.15) is 5.82 Å². The van der Waals surface area contributed by atoms with E-state index in [4.69, 9.17) is 11.6 Å². The van der Waals surface area contributed by atoms with Gasteiger partial charge in [-0.3, -0.25) is 9.59 Å². The van der Waals surface area contributed by atoms with E-state index in [2.05, 4.69) is 10.6 Å². The summed E-state index contributed by atoms with van der Waals surface area (Å²) in [4.78, 5) is 23.4. The van der Waals surface area contributed by atoms with Gasteiger partial charge in [-0.25, -0.2) is 4.39 Å². The van der Waals surface area contributed by atoms with Gasteiger partial charge in [-0.1, -0.05) is 23.7 Å². The van der Waals surface area contributed by atoms with Gasteiger partial charge < -0.3 is 10.6 Å². The molecule has 6 heteroatoms. The Morgan fingerprint density at radius 3 is 2.46 bits per heavy atom. The number of hydrogen-bond donors (Lipinski definition) is 2. The number of halogens is 2. The fourth-order valence-corrected chi connectivity index (χ4v) is 2.91. The van der Waals surface area contributed by atoms with E-state index in [1.807, 2.05) is 0 Å². The van der Waals surface area contributed by atoms with Gasteiger partial charge in [0, 0.05) is 18.5 Å². The molecule has 2 N–H and O–H groups in total. The van der Waals surface area contributed by atoms with E-state index in [1.54, 1.807) is 30.3 Å². The molecule has 0 aliphatic heterocycles. The molecule has 0 spiro atoms. The van der Waals surface area contributed by atoms with Crippen molar-refractivity contribution in [3.05, 3.63) is 58.9 Å². The smallest absolute Gasteiger partial charge is 0.228 e. The summed E-state index contributed by atoms with van der Waals surface area (Å²) in [5.74, 6) is -0.584. The molecule has 3 rings (SSSR count). The van der Waals surface area contributed by atoms with Crippen molar-refractivity contribution in [1.29, 1.82) is 0 Å². The first-order chi connectivity index (χ1) is 11.4. The number of carbonyl (C=O) groups is 2. The number of anilines is 2. The predicted molar refractivity (Wildman–Crippen MR) is 91.6 cm³/mol. The zero-order valence-electron chi connectivity index (χ0n) is 13.0. The van der Waals surface area contributed by atoms with Gasteiger partial charge >= 0.3 is 0 Å². The van der Waals surface area contributed by atoms with Crippen LogP contribution in [0.5, 0.6) is 0 Å². The summed E-state index contributed by atoms with van der Waals surface area (Å²) in [7, 11) is 0. The van der Waals surface area contributed by atoms with Gasteiger partial charge in [-0.15, -0.1) is 0 Å². The van der Waals surface area contributed by atoms with Gasteiger partial charge in [0.2, 0.25) is 11.8 Å². The molecule has 1 aliphatic carbocycles. The summed E-state index contributed by atoms with van der Waals surface area (Å²) < 4.78 is 12.9. The Morgan fingerprint density at radius 2 is 1.83 bits per heavy atom. The molecule has 24 heavy (non-hydrogen) atoms. The van der Waals surface area contributed by atoms with E-state index in [-0.39, 0.29) is 29.5 Å². The van der Waals surface area contributed by atoms with Crippen molar-refractivity contribution < 1.29 is 14.0 Å². The minimum absolute atomic E-state index is 0.0901. The summed E-state index contributed by atoms with van der Waals surface area (Å²) in [6.07, 6.45) is 0.745. The third-order valence-electron chi connectivity index (χ3n) is 3.97. The van der Waals surface area contributed by atoms with Gasteiger partial charge in [0.25, 0.3) is 0 Å². The number of benzene rings is 2. The maximum Gasteiger partial charge on any atom is 0.228 e. The van der Waals surface area contributed by atoms with Crippen molar-refractivity contribution in [2.24, 2.45) is 5.92 Å². The van der Waals surface area contributed by atoms with E-state index >= 15 is 0 Å². The van der Waals surface area contributed by atoms with Crippen molar-refractivity contribution in [3.63, 3.8) is 0 Å². The van der Waals surface area contributed by atoms with Crippen LogP contribution in [0.1, 0.15) is 24.8 Å². The molecule has 2 aromatic rings. The van der Waals surface area contributed by atoms with Crippen molar-refractivity contribution >= 4 is 34.8 Å². The quantitative estimate of drug-likeness (QED) is 0.872. The van der Waals surface area contributed by atoms with Gasteiger partial charge in [0.15, 0.2) is 0 Å². The standard InChI is InChI=1S/C18H16ClFN2O2/c1-10(23)21-17-7-6-13(8-16(17)19)22-18(24)15-9-14(15)11-2-4-12(20)5-3-11/h2-8,14-15H,9H2,1H3,(H,21,23)(H,22,24)/t14-,15-/m0/s1. The van der Waals surface area contributed by atoms with Crippen molar-refractivity contribution in [1.82, 2.24) is 0 Å². The molecule has 2 atom stereocenters. The van der Waals surface area contributed by atoms with E-state index in [9.17, 15) is 14.0 Å². The second-order valence-corrected chi connectivity index (χ2v) is 6.27. The fourth-order valence-electron chi connectivity index (χ4n) is 2.68. The van der Waals surface area contributed by atoms with Crippen molar-refractivity contribution in [2.75, 3.05) is 10.6 Å². The van der Waals surface area contributed by atoms with E-state index in [0.717, 1.165) is 12.0 Å². The van der Waals surface area contributed by atoms with Crippen LogP contribution < -0.4 is 10.6 Å². The molecule has 0 unspecified atom stereocenters. The van der Waals surface area contributed by atoms with Crippen LogP contribution in [0, 0.1) is 11.7 Å². The molecule has 2 amide bonds. The maximum atomic E-state index is 12.9. The molecule has 2 aromatic carbocycles. The molecular formula is C18H16ClFN2O2. The highest BCUT2D eigenvalue weighted by molar-refractivity contribution is 6.34. The first-order valence-electron chi connectivity index (χ1n) is 7.57.